The maximum Gasteiger partial charge on any atom is 0.234 e. The summed E-state index contributed by atoms with van der Waals surface area (Å²) in [6.45, 7) is 5.10. The molecule has 0 spiro atoms. The topological polar surface area (TPSA) is 48.7 Å². The molecule has 0 aliphatic carbocycles. The summed E-state index contributed by atoms with van der Waals surface area (Å²) in [5.41, 5.74) is 1.81. The molecule has 0 saturated heterocycles. The average Bonchev–Trinajstić information content (AvgIpc) is 2.92. The molecule has 114 valence electrons. The van der Waals surface area contributed by atoms with Gasteiger partial charge in [-0.15, -0.1) is 0 Å². The minimum atomic E-state index is 0.587. The van der Waals surface area contributed by atoms with Crippen molar-refractivity contribution in [3.8, 4) is 22.8 Å². The van der Waals surface area contributed by atoms with Crippen molar-refractivity contribution >= 4 is 21.7 Å². The minimum absolute atomic E-state index is 0.587. The number of hydrogen-bond donors (Lipinski definition) is 0. The monoisotopic (exact) mass is 361 g/mol. The average molecular weight is 362 g/mol. The Bertz CT molecular complexity index is 801. The predicted molar refractivity (Wildman–Crippen MR) is 88.5 cm³/mol. The molecule has 0 radical (unpaired) electrons. The molecule has 6 heteroatoms. The lowest BCUT2D eigenvalue weighted by atomic mass is 10.1. The van der Waals surface area contributed by atoms with Gasteiger partial charge in [0, 0.05) is 24.2 Å². The Morgan fingerprint density at radius 1 is 1.09 bits per heavy atom. The molecule has 3 rings (SSSR count). The van der Waals surface area contributed by atoms with Crippen molar-refractivity contribution in [2.45, 2.75) is 13.8 Å². The molecule has 0 aliphatic rings. The zero-order chi connectivity index (χ0) is 15.5. The molecule has 0 N–H and O–H groups in total. The third kappa shape index (κ3) is 2.92. The number of imidazole rings is 1. The Kier molecular flexibility index (Phi) is 4.29. The summed E-state index contributed by atoms with van der Waals surface area (Å²) in [7, 11) is 0. The smallest absolute Gasteiger partial charge is 0.234 e. The van der Waals surface area contributed by atoms with Gasteiger partial charge in [-0.2, -0.15) is 0 Å². The van der Waals surface area contributed by atoms with Crippen LogP contribution in [0.1, 0.15) is 13.8 Å². The Balaban J connectivity index is 2.03. The Morgan fingerprint density at radius 3 is 2.64 bits per heavy atom. The lowest BCUT2D eigenvalue weighted by molar-refractivity contribution is 0.288. The highest BCUT2D eigenvalue weighted by molar-refractivity contribution is 9.10. The molecule has 0 bridgehead atoms. The van der Waals surface area contributed by atoms with Crippen LogP contribution >= 0.6 is 15.9 Å². The number of ether oxygens (including phenoxy) is 2. The van der Waals surface area contributed by atoms with Crippen molar-refractivity contribution in [2.24, 2.45) is 0 Å². The zero-order valence-corrected chi connectivity index (χ0v) is 14.0. The van der Waals surface area contributed by atoms with Crippen LogP contribution in [0.5, 0.6) is 11.5 Å². The van der Waals surface area contributed by atoms with Crippen LogP contribution in [0.3, 0.4) is 0 Å². The van der Waals surface area contributed by atoms with E-state index in [1.165, 1.54) is 0 Å². The Hall–Kier alpha value is -2.08. The van der Waals surface area contributed by atoms with Crippen LogP contribution in [0.25, 0.3) is 17.0 Å². The largest absolute Gasteiger partial charge is 0.490 e. The van der Waals surface area contributed by atoms with E-state index in [0.717, 1.165) is 27.2 Å². The van der Waals surface area contributed by atoms with Crippen LogP contribution in [-0.2, 0) is 0 Å². The van der Waals surface area contributed by atoms with Gasteiger partial charge >= 0.3 is 0 Å². The van der Waals surface area contributed by atoms with Gasteiger partial charge < -0.3 is 9.47 Å². The lowest BCUT2D eigenvalue weighted by Crippen LogP contribution is -1.98. The van der Waals surface area contributed by atoms with Crippen LogP contribution in [0.2, 0.25) is 0 Å². The maximum atomic E-state index is 5.66. The van der Waals surface area contributed by atoms with E-state index in [-0.39, 0.29) is 0 Å². The van der Waals surface area contributed by atoms with Gasteiger partial charge in [-0.25, -0.2) is 9.97 Å². The molecule has 0 saturated carbocycles. The fourth-order valence-corrected chi connectivity index (χ4v) is 2.53. The minimum Gasteiger partial charge on any atom is -0.490 e. The van der Waals surface area contributed by atoms with Gasteiger partial charge in [0.2, 0.25) is 5.78 Å². The highest BCUT2D eigenvalue weighted by Gasteiger charge is 2.10. The number of hydrogen-bond acceptors (Lipinski definition) is 4. The fraction of sp³-hybridized carbons (Fsp3) is 0.250. The first-order chi connectivity index (χ1) is 10.7. The van der Waals surface area contributed by atoms with Crippen molar-refractivity contribution in [2.75, 3.05) is 13.2 Å². The molecular formula is C16H16BrN3O2. The molecule has 5 nitrogen and oxygen atoms in total. The highest BCUT2D eigenvalue weighted by atomic mass is 79.9. The van der Waals surface area contributed by atoms with Crippen LogP contribution in [0, 0.1) is 0 Å². The van der Waals surface area contributed by atoms with E-state index in [1.54, 1.807) is 6.20 Å². The number of rotatable bonds is 5. The summed E-state index contributed by atoms with van der Waals surface area (Å²) in [5.74, 6) is 2.14. The number of halogens is 1. The summed E-state index contributed by atoms with van der Waals surface area (Å²) in [5, 5.41) is 0. The van der Waals surface area contributed by atoms with E-state index < -0.39 is 0 Å². The van der Waals surface area contributed by atoms with Crippen molar-refractivity contribution < 1.29 is 9.47 Å². The van der Waals surface area contributed by atoms with Gasteiger partial charge in [0.25, 0.3) is 0 Å². The summed E-state index contributed by atoms with van der Waals surface area (Å²) in [6.07, 6.45) is 5.60. The van der Waals surface area contributed by atoms with Crippen molar-refractivity contribution in [1.82, 2.24) is 14.4 Å². The fourth-order valence-electron chi connectivity index (χ4n) is 2.21. The van der Waals surface area contributed by atoms with E-state index in [9.17, 15) is 0 Å². The molecule has 0 unspecified atom stereocenters. The molecule has 2 heterocycles. The van der Waals surface area contributed by atoms with E-state index in [2.05, 4.69) is 25.9 Å². The standard InChI is InChI=1S/C16H16BrN3O2/c1-3-21-14-6-5-11(7-15(14)22-4-2)13-10-20-9-12(17)8-18-16(20)19-13/h5-10H,3-4H2,1-2H3. The van der Waals surface area contributed by atoms with E-state index in [0.29, 0.717) is 19.0 Å². The number of fused-ring (bicyclic) bond motifs is 1. The highest BCUT2D eigenvalue weighted by Crippen LogP contribution is 2.32. The molecule has 0 atom stereocenters. The lowest BCUT2D eigenvalue weighted by Gasteiger charge is -2.11. The zero-order valence-electron chi connectivity index (χ0n) is 12.4. The van der Waals surface area contributed by atoms with Crippen molar-refractivity contribution in [3.63, 3.8) is 0 Å². The quantitative estimate of drug-likeness (QED) is 0.690. The molecule has 2 aromatic heterocycles. The molecule has 0 amide bonds. The Labute approximate surface area is 137 Å². The first kappa shape index (κ1) is 14.8. The molecule has 22 heavy (non-hydrogen) atoms. The predicted octanol–water partition coefficient (Wildman–Crippen LogP) is 3.96. The van der Waals surface area contributed by atoms with Crippen molar-refractivity contribution in [3.05, 3.63) is 41.3 Å². The number of aromatic nitrogens is 3. The van der Waals surface area contributed by atoms with E-state index in [1.807, 2.05) is 48.8 Å². The molecular weight excluding hydrogens is 346 g/mol. The molecule has 0 aliphatic heterocycles. The van der Waals surface area contributed by atoms with Crippen LogP contribution < -0.4 is 9.47 Å². The van der Waals surface area contributed by atoms with Gasteiger partial charge in [0.05, 0.1) is 23.4 Å². The van der Waals surface area contributed by atoms with Gasteiger partial charge in [0.15, 0.2) is 11.5 Å². The Morgan fingerprint density at radius 2 is 1.86 bits per heavy atom. The second-order valence-electron chi connectivity index (χ2n) is 4.63. The second kappa shape index (κ2) is 6.36. The van der Waals surface area contributed by atoms with Crippen molar-refractivity contribution in [1.29, 1.82) is 0 Å². The van der Waals surface area contributed by atoms with Crippen LogP contribution in [-0.4, -0.2) is 27.6 Å². The van der Waals surface area contributed by atoms with Gasteiger partial charge in [-0.1, -0.05) is 0 Å². The number of nitrogens with zero attached hydrogens (tertiary/aromatic N) is 3. The second-order valence-corrected chi connectivity index (χ2v) is 5.55. The van der Waals surface area contributed by atoms with Gasteiger partial charge in [0.1, 0.15) is 0 Å². The molecule has 3 aromatic rings. The van der Waals surface area contributed by atoms with Crippen LogP contribution in [0.15, 0.2) is 41.3 Å². The van der Waals surface area contributed by atoms with E-state index >= 15 is 0 Å². The third-order valence-electron chi connectivity index (χ3n) is 3.12. The molecule has 0 fully saturated rings. The SMILES string of the molecule is CCOc1ccc(-c2cn3cc(Br)cnc3n2)cc1OCC. The number of benzene rings is 1. The first-order valence-corrected chi connectivity index (χ1v) is 7.90. The summed E-state index contributed by atoms with van der Waals surface area (Å²) in [6, 6.07) is 5.84. The molecule has 1 aromatic carbocycles. The van der Waals surface area contributed by atoms with E-state index in [4.69, 9.17) is 9.47 Å². The first-order valence-electron chi connectivity index (χ1n) is 7.11. The summed E-state index contributed by atoms with van der Waals surface area (Å²) in [4.78, 5) is 8.82. The maximum absolute atomic E-state index is 5.66. The summed E-state index contributed by atoms with van der Waals surface area (Å²) >= 11 is 3.41. The van der Waals surface area contributed by atoms with Gasteiger partial charge in [-0.05, 0) is 48.0 Å². The van der Waals surface area contributed by atoms with Gasteiger partial charge in [-0.3, -0.25) is 4.40 Å². The summed E-state index contributed by atoms with van der Waals surface area (Å²) < 4.78 is 14.0. The normalized spacial score (nSPS) is 10.9. The third-order valence-corrected chi connectivity index (χ3v) is 3.53. The van der Waals surface area contributed by atoms with Crippen LogP contribution in [0.4, 0.5) is 0 Å².